The predicted molar refractivity (Wildman–Crippen MR) is 55.4 cm³/mol. The van der Waals surface area contributed by atoms with E-state index >= 15 is 0 Å². The standard InChI is InChI=1S/C9H11Br.CH2O/c1-7(2)8-3-5-9(10)6-4-8;1-2/h3-7H,1-2H3;1H2. The summed E-state index contributed by atoms with van der Waals surface area (Å²) >= 11 is 3.39. The molecular weight excluding hydrogens is 216 g/mol. The molecule has 2 heteroatoms. The Kier molecular flexibility index (Phi) is 5.64. The van der Waals surface area contributed by atoms with Gasteiger partial charge in [0, 0.05) is 4.47 Å². The van der Waals surface area contributed by atoms with E-state index in [0.29, 0.717) is 5.92 Å². The molecule has 0 saturated heterocycles. The number of benzene rings is 1. The summed E-state index contributed by atoms with van der Waals surface area (Å²) in [5.41, 5.74) is 1.39. The van der Waals surface area contributed by atoms with Gasteiger partial charge in [0.25, 0.3) is 0 Å². The average Bonchev–Trinajstić information content (AvgIpc) is 2.09. The highest BCUT2D eigenvalue weighted by Crippen LogP contribution is 2.16. The third-order valence-corrected chi connectivity index (χ3v) is 2.07. The minimum absolute atomic E-state index is 0.632. The molecule has 0 atom stereocenters. The fourth-order valence-corrected chi connectivity index (χ4v) is 1.11. The molecule has 1 aromatic carbocycles. The molecule has 0 heterocycles. The third kappa shape index (κ3) is 3.67. The highest BCUT2D eigenvalue weighted by molar-refractivity contribution is 9.10. The highest BCUT2D eigenvalue weighted by atomic mass is 79.9. The molecule has 1 rings (SSSR count). The van der Waals surface area contributed by atoms with E-state index < -0.39 is 0 Å². The Morgan fingerprint density at radius 3 is 1.92 bits per heavy atom. The maximum atomic E-state index is 8.00. The van der Waals surface area contributed by atoms with Gasteiger partial charge < -0.3 is 4.79 Å². The van der Waals surface area contributed by atoms with Crippen LogP contribution in [0.25, 0.3) is 0 Å². The van der Waals surface area contributed by atoms with Gasteiger partial charge in [-0.15, -0.1) is 0 Å². The van der Waals surface area contributed by atoms with Crippen LogP contribution in [0.4, 0.5) is 0 Å². The van der Waals surface area contributed by atoms with Gasteiger partial charge in [0.05, 0.1) is 0 Å². The molecule has 0 aliphatic heterocycles. The van der Waals surface area contributed by atoms with Crippen LogP contribution in [0.3, 0.4) is 0 Å². The lowest BCUT2D eigenvalue weighted by Crippen LogP contribution is -1.84. The zero-order chi connectivity index (χ0) is 9.56. The zero-order valence-electron chi connectivity index (χ0n) is 7.38. The quantitative estimate of drug-likeness (QED) is 0.721. The van der Waals surface area contributed by atoms with E-state index in [1.54, 1.807) is 0 Å². The van der Waals surface area contributed by atoms with Crippen molar-refractivity contribution in [2.45, 2.75) is 19.8 Å². The van der Waals surface area contributed by atoms with Gasteiger partial charge in [0.15, 0.2) is 0 Å². The number of halogens is 1. The summed E-state index contributed by atoms with van der Waals surface area (Å²) < 4.78 is 1.15. The third-order valence-electron chi connectivity index (χ3n) is 1.54. The van der Waals surface area contributed by atoms with Crippen LogP contribution < -0.4 is 0 Å². The number of carbonyl (C=O) groups is 1. The van der Waals surface area contributed by atoms with Crippen LogP contribution in [0.2, 0.25) is 0 Å². The van der Waals surface area contributed by atoms with Crippen LogP contribution in [0.15, 0.2) is 28.7 Å². The van der Waals surface area contributed by atoms with Gasteiger partial charge in [0.1, 0.15) is 6.79 Å². The van der Waals surface area contributed by atoms with Crippen LogP contribution in [0.5, 0.6) is 0 Å². The van der Waals surface area contributed by atoms with Crippen molar-refractivity contribution in [3.8, 4) is 0 Å². The monoisotopic (exact) mass is 228 g/mol. The maximum absolute atomic E-state index is 8.00. The molecule has 0 aliphatic rings. The number of carbonyl (C=O) groups excluding carboxylic acids is 1. The van der Waals surface area contributed by atoms with Gasteiger partial charge in [0.2, 0.25) is 0 Å². The lowest BCUT2D eigenvalue weighted by atomic mass is 10.0. The molecule has 1 nitrogen and oxygen atoms in total. The molecule has 0 saturated carbocycles. The van der Waals surface area contributed by atoms with Gasteiger partial charge in [-0.25, -0.2) is 0 Å². The Morgan fingerprint density at radius 2 is 1.58 bits per heavy atom. The van der Waals surface area contributed by atoms with Crippen molar-refractivity contribution in [1.82, 2.24) is 0 Å². The first-order chi connectivity index (χ1) is 5.70. The topological polar surface area (TPSA) is 17.1 Å². The van der Waals surface area contributed by atoms with E-state index in [9.17, 15) is 0 Å². The Morgan fingerprint density at radius 1 is 1.17 bits per heavy atom. The van der Waals surface area contributed by atoms with Crippen molar-refractivity contribution in [2.75, 3.05) is 0 Å². The van der Waals surface area contributed by atoms with Crippen molar-refractivity contribution in [2.24, 2.45) is 0 Å². The number of hydrogen-bond donors (Lipinski definition) is 0. The molecule has 1 aromatic rings. The minimum atomic E-state index is 0.632. The first-order valence-corrected chi connectivity index (χ1v) is 4.54. The second kappa shape index (κ2) is 5.95. The molecule has 12 heavy (non-hydrogen) atoms. The summed E-state index contributed by atoms with van der Waals surface area (Å²) in [4.78, 5) is 8.00. The Balaban J connectivity index is 0.000000561. The lowest BCUT2D eigenvalue weighted by molar-refractivity contribution is -0.0979. The Bertz CT molecular complexity index is 216. The summed E-state index contributed by atoms with van der Waals surface area (Å²) in [7, 11) is 0. The van der Waals surface area contributed by atoms with Gasteiger partial charge in [-0.2, -0.15) is 0 Å². The summed E-state index contributed by atoms with van der Waals surface area (Å²) in [6.45, 7) is 6.40. The highest BCUT2D eigenvalue weighted by Gasteiger charge is 1.95. The van der Waals surface area contributed by atoms with E-state index in [1.165, 1.54) is 5.56 Å². The van der Waals surface area contributed by atoms with Crippen LogP contribution in [0, 0.1) is 0 Å². The van der Waals surface area contributed by atoms with Crippen LogP contribution in [0.1, 0.15) is 25.3 Å². The molecule has 0 N–H and O–H groups in total. The minimum Gasteiger partial charge on any atom is -0.307 e. The van der Waals surface area contributed by atoms with Crippen molar-refractivity contribution in [3.05, 3.63) is 34.3 Å². The molecule has 0 spiro atoms. The van der Waals surface area contributed by atoms with Gasteiger partial charge in [-0.1, -0.05) is 41.9 Å². The van der Waals surface area contributed by atoms with Crippen molar-refractivity contribution >= 4 is 22.7 Å². The second-order valence-corrected chi connectivity index (χ2v) is 3.62. The fourth-order valence-electron chi connectivity index (χ4n) is 0.848. The molecule has 66 valence electrons. The van der Waals surface area contributed by atoms with Crippen molar-refractivity contribution in [1.29, 1.82) is 0 Å². The molecule has 0 fully saturated rings. The van der Waals surface area contributed by atoms with Gasteiger partial charge in [-0.05, 0) is 23.6 Å². The van der Waals surface area contributed by atoms with Gasteiger partial charge >= 0.3 is 0 Å². The lowest BCUT2D eigenvalue weighted by Gasteiger charge is -2.03. The van der Waals surface area contributed by atoms with E-state index in [-0.39, 0.29) is 0 Å². The SMILES string of the molecule is C=O.CC(C)c1ccc(Br)cc1. The molecular formula is C10H13BrO. The summed E-state index contributed by atoms with van der Waals surface area (Å²) in [6.07, 6.45) is 0. The molecule has 0 amide bonds. The predicted octanol–water partition coefficient (Wildman–Crippen LogP) is 3.39. The van der Waals surface area contributed by atoms with E-state index in [0.717, 1.165) is 4.47 Å². The fraction of sp³-hybridized carbons (Fsp3) is 0.300. The van der Waals surface area contributed by atoms with E-state index in [2.05, 4.69) is 54.0 Å². The maximum Gasteiger partial charge on any atom is 0.106 e. The van der Waals surface area contributed by atoms with Crippen LogP contribution in [-0.4, -0.2) is 6.79 Å². The van der Waals surface area contributed by atoms with Crippen LogP contribution in [-0.2, 0) is 4.79 Å². The molecule has 0 radical (unpaired) electrons. The zero-order valence-corrected chi connectivity index (χ0v) is 8.97. The molecule has 0 unspecified atom stereocenters. The van der Waals surface area contributed by atoms with Gasteiger partial charge in [-0.3, -0.25) is 0 Å². The molecule has 0 aromatic heterocycles. The first kappa shape index (κ1) is 11.4. The number of hydrogen-bond acceptors (Lipinski definition) is 1. The molecule has 0 bridgehead atoms. The Labute approximate surface area is 81.9 Å². The smallest absolute Gasteiger partial charge is 0.106 e. The average molecular weight is 229 g/mol. The normalized spacial score (nSPS) is 9.00. The largest absolute Gasteiger partial charge is 0.307 e. The Hall–Kier alpha value is -0.630. The van der Waals surface area contributed by atoms with E-state index in [1.807, 2.05) is 6.79 Å². The first-order valence-electron chi connectivity index (χ1n) is 3.74. The summed E-state index contributed by atoms with van der Waals surface area (Å²) in [5.74, 6) is 0.632. The number of rotatable bonds is 1. The van der Waals surface area contributed by atoms with Crippen molar-refractivity contribution < 1.29 is 4.79 Å². The van der Waals surface area contributed by atoms with Crippen LogP contribution >= 0.6 is 15.9 Å². The van der Waals surface area contributed by atoms with E-state index in [4.69, 9.17) is 4.79 Å². The summed E-state index contributed by atoms with van der Waals surface area (Å²) in [6, 6.07) is 8.45. The molecule has 0 aliphatic carbocycles. The second-order valence-electron chi connectivity index (χ2n) is 2.71. The van der Waals surface area contributed by atoms with Crippen molar-refractivity contribution in [3.63, 3.8) is 0 Å². The summed E-state index contributed by atoms with van der Waals surface area (Å²) in [5, 5.41) is 0.